The van der Waals surface area contributed by atoms with E-state index in [4.69, 9.17) is 17.3 Å². The third-order valence-corrected chi connectivity index (χ3v) is 3.96. The fourth-order valence-electron chi connectivity index (χ4n) is 2.64. The number of nitrogens with one attached hydrogen (secondary N) is 1. The van der Waals surface area contributed by atoms with Crippen LogP contribution >= 0.6 is 11.6 Å². The van der Waals surface area contributed by atoms with Crippen molar-refractivity contribution in [2.45, 2.75) is 19.4 Å². The Kier molecular flexibility index (Phi) is 5.96. The topological polar surface area (TPSA) is 58.4 Å². The van der Waals surface area contributed by atoms with Crippen LogP contribution in [-0.4, -0.2) is 37.0 Å². The van der Waals surface area contributed by atoms with Crippen LogP contribution in [0.25, 0.3) is 0 Å². The Morgan fingerprint density at radius 2 is 2.33 bits per heavy atom. The molecule has 1 aromatic rings. The van der Waals surface area contributed by atoms with Crippen LogP contribution in [0.4, 0.5) is 4.39 Å². The zero-order valence-corrected chi connectivity index (χ0v) is 12.7. The first-order valence-electron chi connectivity index (χ1n) is 7.24. The molecule has 21 heavy (non-hydrogen) atoms. The lowest BCUT2D eigenvalue weighted by Gasteiger charge is -2.32. The van der Waals surface area contributed by atoms with E-state index in [1.807, 2.05) is 0 Å². The summed E-state index contributed by atoms with van der Waals surface area (Å²) in [5.74, 6) is -0.292. The molecule has 4 nitrogen and oxygen atoms in total. The summed E-state index contributed by atoms with van der Waals surface area (Å²) in [4.78, 5) is 14.1. The van der Waals surface area contributed by atoms with E-state index in [9.17, 15) is 9.18 Å². The highest BCUT2D eigenvalue weighted by Gasteiger charge is 2.25. The van der Waals surface area contributed by atoms with Crippen molar-refractivity contribution in [3.63, 3.8) is 0 Å². The Morgan fingerprint density at radius 3 is 3.05 bits per heavy atom. The van der Waals surface area contributed by atoms with Crippen molar-refractivity contribution in [2.75, 3.05) is 26.2 Å². The summed E-state index contributed by atoms with van der Waals surface area (Å²) in [6.45, 7) is 2.98. The highest BCUT2D eigenvalue weighted by atomic mass is 35.5. The van der Waals surface area contributed by atoms with Crippen LogP contribution in [0.3, 0.4) is 0 Å². The van der Waals surface area contributed by atoms with Gasteiger partial charge in [0.15, 0.2) is 0 Å². The van der Waals surface area contributed by atoms with Gasteiger partial charge in [0.05, 0.1) is 5.92 Å². The molecule has 1 aliphatic rings. The largest absolute Gasteiger partial charge is 0.355 e. The van der Waals surface area contributed by atoms with Gasteiger partial charge in [0.1, 0.15) is 5.82 Å². The predicted molar refractivity (Wildman–Crippen MR) is 81.5 cm³/mol. The summed E-state index contributed by atoms with van der Waals surface area (Å²) >= 11 is 5.76. The third kappa shape index (κ3) is 4.66. The number of carbonyl (C=O) groups excluding carboxylic acids is 1. The minimum Gasteiger partial charge on any atom is -0.355 e. The molecule has 2 rings (SSSR count). The number of rotatable bonds is 5. The molecule has 0 spiro atoms. The number of nitrogens with two attached hydrogens (primary N) is 1. The number of benzene rings is 1. The van der Waals surface area contributed by atoms with Gasteiger partial charge in [0.25, 0.3) is 0 Å². The molecule has 1 aromatic carbocycles. The molecule has 6 heteroatoms. The molecule has 1 unspecified atom stereocenters. The number of hydrogen-bond acceptors (Lipinski definition) is 3. The fourth-order valence-corrected chi connectivity index (χ4v) is 2.80. The molecule has 1 saturated heterocycles. The van der Waals surface area contributed by atoms with Crippen molar-refractivity contribution >= 4 is 17.5 Å². The molecule has 1 amide bonds. The Morgan fingerprint density at radius 1 is 1.52 bits per heavy atom. The lowest BCUT2D eigenvalue weighted by Crippen LogP contribution is -2.43. The lowest BCUT2D eigenvalue weighted by molar-refractivity contribution is -0.126. The van der Waals surface area contributed by atoms with Gasteiger partial charge in [-0.3, -0.25) is 9.69 Å². The maximum absolute atomic E-state index is 13.8. The quantitative estimate of drug-likeness (QED) is 0.871. The van der Waals surface area contributed by atoms with E-state index < -0.39 is 0 Å². The highest BCUT2D eigenvalue weighted by molar-refractivity contribution is 6.30. The second-order valence-electron chi connectivity index (χ2n) is 5.39. The number of likely N-dealkylation sites (tertiary alicyclic amines) is 1. The molecule has 0 aliphatic carbocycles. The van der Waals surface area contributed by atoms with E-state index in [-0.39, 0.29) is 17.6 Å². The third-order valence-electron chi connectivity index (χ3n) is 3.73. The Bertz CT molecular complexity index is 498. The van der Waals surface area contributed by atoms with Crippen LogP contribution in [-0.2, 0) is 11.3 Å². The molecule has 1 aliphatic heterocycles. The van der Waals surface area contributed by atoms with E-state index in [1.54, 1.807) is 12.1 Å². The molecular weight excluding hydrogens is 293 g/mol. The second kappa shape index (κ2) is 7.73. The van der Waals surface area contributed by atoms with Crippen LogP contribution < -0.4 is 11.1 Å². The number of halogens is 2. The van der Waals surface area contributed by atoms with Crippen LogP contribution in [0.2, 0.25) is 5.02 Å². The smallest absolute Gasteiger partial charge is 0.224 e. The highest BCUT2D eigenvalue weighted by Crippen LogP contribution is 2.21. The number of amides is 1. The van der Waals surface area contributed by atoms with Gasteiger partial charge in [-0.15, -0.1) is 0 Å². The standard InChI is InChI=1S/C15H21ClFN3O/c16-13-4-3-11(14(17)8-13)9-20-7-1-2-12(10-20)15(21)19-6-5-18/h3-4,8,12H,1-2,5-7,9-10,18H2,(H,19,21). The molecule has 0 bridgehead atoms. The summed E-state index contributed by atoms with van der Waals surface area (Å²) in [5.41, 5.74) is 6.00. The summed E-state index contributed by atoms with van der Waals surface area (Å²) < 4.78 is 13.8. The Balaban J connectivity index is 1.93. The first-order chi connectivity index (χ1) is 10.1. The van der Waals surface area contributed by atoms with E-state index in [0.717, 1.165) is 19.4 Å². The zero-order valence-electron chi connectivity index (χ0n) is 11.9. The fraction of sp³-hybridized carbons (Fsp3) is 0.533. The summed E-state index contributed by atoms with van der Waals surface area (Å²) in [7, 11) is 0. The lowest BCUT2D eigenvalue weighted by atomic mass is 9.96. The van der Waals surface area contributed by atoms with Crippen LogP contribution in [0.15, 0.2) is 18.2 Å². The van der Waals surface area contributed by atoms with Crippen molar-refractivity contribution in [1.29, 1.82) is 0 Å². The van der Waals surface area contributed by atoms with Crippen LogP contribution in [0, 0.1) is 11.7 Å². The minimum atomic E-state index is -0.294. The normalized spacial score (nSPS) is 19.5. The molecule has 1 atom stereocenters. The average Bonchev–Trinajstić information content (AvgIpc) is 2.48. The zero-order chi connectivity index (χ0) is 15.2. The van der Waals surface area contributed by atoms with E-state index >= 15 is 0 Å². The first-order valence-corrected chi connectivity index (χ1v) is 7.62. The van der Waals surface area contributed by atoms with Gasteiger partial charge < -0.3 is 11.1 Å². The number of carbonyl (C=O) groups is 1. The van der Waals surface area contributed by atoms with Crippen LogP contribution in [0.1, 0.15) is 18.4 Å². The predicted octanol–water partition coefficient (Wildman–Crippen LogP) is 1.77. The molecule has 1 heterocycles. The summed E-state index contributed by atoms with van der Waals surface area (Å²) in [5, 5.41) is 3.22. The molecule has 0 saturated carbocycles. The molecule has 0 aromatic heterocycles. The number of nitrogens with zero attached hydrogens (tertiary/aromatic N) is 1. The van der Waals surface area contributed by atoms with Crippen molar-refractivity contribution in [2.24, 2.45) is 11.7 Å². The number of piperidine rings is 1. The van der Waals surface area contributed by atoms with Gasteiger partial charge in [0, 0.05) is 36.8 Å². The van der Waals surface area contributed by atoms with E-state index in [2.05, 4.69) is 10.2 Å². The van der Waals surface area contributed by atoms with Crippen molar-refractivity contribution in [3.05, 3.63) is 34.6 Å². The van der Waals surface area contributed by atoms with Crippen molar-refractivity contribution in [3.8, 4) is 0 Å². The van der Waals surface area contributed by atoms with Gasteiger partial charge in [-0.1, -0.05) is 17.7 Å². The maximum Gasteiger partial charge on any atom is 0.224 e. The van der Waals surface area contributed by atoms with Gasteiger partial charge in [-0.05, 0) is 31.5 Å². The number of hydrogen-bond donors (Lipinski definition) is 2. The Labute approximate surface area is 129 Å². The van der Waals surface area contributed by atoms with Gasteiger partial charge in [-0.25, -0.2) is 4.39 Å². The van der Waals surface area contributed by atoms with Gasteiger partial charge in [-0.2, -0.15) is 0 Å². The maximum atomic E-state index is 13.8. The molecule has 116 valence electrons. The van der Waals surface area contributed by atoms with E-state index in [0.29, 0.717) is 36.8 Å². The molecule has 0 radical (unpaired) electrons. The van der Waals surface area contributed by atoms with Crippen molar-refractivity contribution < 1.29 is 9.18 Å². The molecule has 3 N–H and O–H groups in total. The SMILES string of the molecule is NCCNC(=O)C1CCCN(Cc2ccc(Cl)cc2F)C1. The molecule has 1 fully saturated rings. The van der Waals surface area contributed by atoms with Gasteiger partial charge in [0.2, 0.25) is 5.91 Å². The minimum absolute atomic E-state index is 0.0411. The Hall–Kier alpha value is -1.17. The monoisotopic (exact) mass is 313 g/mol. The molecular formula is C15H21ClFN3O. The van der Waals surface area contributed by atoms with Crippen LogP contribution in [0.5, 0.6) is 0 Å². The summed E-state index contributed by atoms with van der Waals surface area (Å²) in [6, 6.07) is 4.72. The first kappa shape index (κ1) is 16.2. The van der Waals surface area contributed by atoms with Gasteiger partial charge >= 0.3 is 0 Å². The van der Waals surface area contributed by atoms with E-state index in [1.165, 1.54) is 6.07 Å². The summed E-state index contributed by atoms with van der Waals surface area (Å²) in [6.07, 6.45) is 1.81. The second-order valence-corrected chi connectivity index (χ2v) is 5.83. The van der Waals surface area contributed by atoms with Crippen molar-refractivity contribution in [1.82, 2.24) is 10.2 Å². The average molecular weight is 314 g/mol.